The Balaban J connectivity index is 2.81. The SMILES string of the molecule is CC(C)C[Si](C)(Cl)c1ccccc1. The zero-order chi connectivity index (χ0) is 9.90. The molecule has 0 saturated heterocycles. The average Bonchev–Trinajstić information content (AvgIpc) is 2.04. The van der Waals surface area contributed by atoms with Crippen LogP contribution < -0.4 is 5.19 Å². The Morgan fingerprint density at radius 3 is 2.23 bits per heavy atom. The zero-order valence-corrected chi connectivity index (χ0v) is 10.3. The Labute approximate surface area is 86.6 Å². The average molecular weight is 213 g/mol. The van der Waals surface area contributed by atoms with Gasteiger partial charge in [-0.25, -0.2) is 0 Å². The van der Waals surface area contributed by atoms with E-state index in [1.807, 2.05) is 6.07 Å². The molecule has 1 atom stereocenters. The first-order chi connectivity index (χ1) is 6.02. The maximum Gasteiger partial charge on any atom is 0.184 e. The molecular weight excluding hydrogens is 196 g/mol. The van der Waals surface area contributed by atoms with E-state index in [9.17, 15) is 0 Å². The number of halogens is 1. The van der Waals surface area contributed by atoms with E-state index in [1.165, 1.54) is 5.19 Å². The molecule has 1 unspecified atom stereocenters. The van der Waals surface area contributed by atoms with Crippen molar-refractivity contribution in [3.63, 3.8) is 0 Å². The first kappa shape index (κ1) is 10.8. The smallest absolute Gasteiger partial charge is 0.161 e. The first-order valence-corrected chi connectivity index (χ1v) is 8.49. The molecule has 0 nitrogen and oxygen atoms in total. The maximum absolute atomic E-state index is 6.60. The summed E-state index contributed by atoms with van der Waals surface area (Å²) in [5, 5.41) is 1.35. The molecule has 0 saturated carbocycles. The molecule has 0 heterocycles. The summed E-state index contributed by atoms with van der Waals surface area (Å²) < 4.78 is 0. The molecule has 2 heteroatoms. The summed E-state index contributed by atoms with van der Waals surface area (Å²) >= 11 is 6.60. The monoisotopic (exact) mass is 212 g/mol. The fourth-order valence-electron chi connectivity index (χ4n) is 1.67. The maximum atomic E-state index is 6.60. The number of hydrogen-bond donors (Lipinski definition) is 0. The topological polar surface area (TPSA) is 0 Å². The third-order valence-electron chi connectivity index (χ3n) is 2.17. The van der Waals surface area contributed by atoms with Crippen LogP contribution >= 0.6 is 11.1 Å². The molecular formula is C11H17ClSi. The molecule has 1 rings (SSSR count). The fourth-order valence-corrected chi connectivity index (χ4v) is 5.63. The van der Waals surface area contributed by atoms with Crippen LogP contribution in [-0.4, -0.2) is 7.38 Å². The summed E-state index contributed by atoms with van der Waals surface area (Å²) in [6, 6.07) is 11.6. The normalized spacial score (nSPS) is 15.8. The van der Waals surface area contributed by atoms with Gasteiger partial charge in [0.05, 0.1) is 0 Å². The van der Waals surface area contributed by atoms with E-state index < -0.39 is 7.38 Å². The molecule has 0 spiro atoms. The highest BCUT2D eigenvalue weighted by Gasteiger charge is 2.27. The van der Waals surface area contributed by atoms with Crippen LogP contribution in [0.15, 0.2) is 30.3 Å². The van der Waals surface area contributed by atoms with Gasteiger partial charge in [-0.15, -0.1) is 0 Å². The molecule has 0 aromatic heterocycles. The lowest BCUT2D eigenvalue weighted by Crippen LogP contribution is -2.39. The van der Waals surface area contributed by atoms with Gasteiger partial charge in [-0.3, -0.25) is 0 Å². The van der Waals surface area contributed by atoms with Gasteiger partial charge in [0.2, 0.25) is 0 Å². The van der Waals surface area contributed by atoms with Crippen molar-refractivity contribution in [1.29, 1.82) is 0 Å². The van der Waals surface area contributed by atoms with Gasteiger partial charge in [0, 0.05) is 0 Å². The molecule has 0 aliphatic rings. The molecule has 1 aromatic carbocycles. The second-order valence-corrected chi connectivity index (χ2v) is 10.0. The highest BCUT2D eigenvalue weighted by Crippen LogP contribution is 2.20. The van der Waals surface area contributed by atoms with Crippen LogP contribution in [-0.2, 0) is 0 Å². The molecule has 0 N–H and O–H groups in total. The van der Waals surface area contributed by atoms with Crippen LogP contribution in [0.3, 0.4) is 0 Å². The van der Waals surface area contributed by atoms with E-state index in [4.69, 9.17) is 11.1 Å². The van der Waals surface area contributed by atoms with E-state index in [1.54, 1.807) is 0 Å². The molecule has 1 aromatic rings. The standard InChI is InChI=1S/C11H17ClSi/c1-10(2)9-13(3,12)11-7-5-4-6-8-11/h4-8,10H,9H2,1-3H3. The molecule has 72 valence electrons. The second kappa shape index (κ2) is 4.29. The van der Waals surface area contributed by atoms with Crippen molar-refractivity contribution in [1.82, 2.24) is 0 Å². The van der Waals surface area contributed by atoms with E-state index >= 15 is 0 Å². The molecule has 0 radical (unpaired) electrons. The summed E-state index contributed by atoms with van der Waals surface area (Å²) in [4.78, 5) is 0. The van der Waals surface area contributed by atoms with Crippen LogP contribution in [0, 0.1) is 5.92 Å². The van der Waals surface area contributed by atoms with Crippen molar-refractivity contribution < 1.29 is 0 Å². The van der Waals surface area contributed by atoms with Gasteiger partial charge in [0.15, 0.2) is 7.38 Å². The summed E-state index contributed by atoms with van der Waals surface area (Å²) in [6.07, 6.45) is 0. The number of rotatable bonds is 3. The van der Waals surface area contributed by atoms with Crippen LogP contribution in [0.2, 0.25) is 12.6 Å². The number of benzene rings is 1. The van der Waals surface area contributed by atoms with Crippen molar-refractivity contribution in [3.05, 3.63) is 30.3 Å². The van der Waals surface area contributed by atoms with Crippen molar-refractivity contribution in [2.24, 2.45) is 5.92 Å². The van der Waals surface area contributed by atoms with Gasteiger partial charge in [-0.05, 0) is 17.1 Å². The van der Waals surface area contributed by atoms with Gasteiger partial charge in [0.1, 0.15) is 0 Å². The Morgan fingerprint density at radius 1 is 1.23 bits per heavy atom. The lowest BCUT2D eigenvalue weighted by atomic mass is 10.3. The van der Waals surface area contributed by atoms with Crippen LogP contribution in [0.4, 0.5) is 0 Å². The van der Waals surface area contributed by atoms with Gasteiger partial charge >= 0.3 is 0 Å². The quantitative estimate of drug-likeness (QED) is 0.533. The van der Waals surface area contributed by atoms with E-state index in [2.05, 4.69) is 44.7 Å². The Morgan fingerprint density at radius 2 is 1.77 bits per heavy atom. The zero-order valence-electron chi connectivity index (χ0n) is 8.55. The van der Waals surface area contributed by atoms with E-state index in [-0.39, 0.29) is 0 Å². The number of hydrogen-bond acceptors (Lipinski definition) is 0. The third-order valence-corrected chi connectivity index (χ3v) is 6.41. The minimum absolute atomic E-state index is 0.689. The minimum atomic E-state index is -1.67. The summed E-state index contributed by atoms with van der Waals surface area (Å²) in [5.74, 6) is 0.689. The second-order valence-electron chi connectivity index (χ2n) is 4.16. The van der Waals surface area contributed by atoms with Crippen molar-refractivity contribution in [3.8, 4) is 0 Å². The predicted molar refractivity (Wildman–Crippen MR) is 63.2 cm³/mol. The van der Waals surface area contributed by atoms with E-state index in [0.29, 0.717) is 5.92 Å². The lowest BCUT2D eigenvalue weighted by molar-refractivity contribution is 0.726. The summed E-state index contributed by atoms with van der Waals surface area (Å²) in [6.45, 7) is 6.69. The molecule has 0 aliphatic heterocycles. The first-order valence-electron chi connectivity index (χ1n) is 4.77. The van der Waals surface area contributed by atoms with Crippen LogP contribution in [0.1, 0.15) is 13.8 Å². The van der Waals surface area contributed by atoms with Crippen LogP contribution in [0.5, 0.6) is 0 Å². The third kappa shape index (κ3) is 3.16. The summed E-state index contributed by atoms with van der Waals surface area (Å²) in [5.41, 5.74) is 0. The Kier molecular flexibility index (Phi) is 3.57. The Hall–Kier alpha value is -0.273. The van der Waals surface area contributed by atoms with Gasteiger partial charge in [-0.1, -0.05) is 50.7 Å². The molecule has 13 heavy (non-hydrogen) atoms. The molecule has 0 fully saturated rings. The predicted octanol–water partition coefficient (Wildman–Crippen LogP) is 3.36. The summed E-state index contributed by atoms with van der Waals surface area (Å²) in [7, 11) is -1.67. The highest BCUT2D eigenvalue weighted by molar-refractivity contribution is 7.26. The molecule has 0 aliphatic carbocycles. The van der Waals surface area contributed by atoms with E-state index in [0.717, 1.165) is 6.04 Å². The van der Waals surface area contributed by atoms with Crippen LogP contribution in [0.25, 0.3) is 0 Å². The largest absolute Gasteiger partial charge is 0.184 e. The Bertz CT molecular complexity index is 254. The lowest BCUT2D eigenvalue weighted by Gasteiger charge is -2.21. The van der Waals surface area contributed by atoms with Crippen molar-refractivity contribution >= 4 is 23.6 Å². The molecule has 0 amide bonds. The van der Waals surface area contributed by atoms with Gasteiger partial charge in [-0.2, -0.15) is 11.1 Å². The minimum Gasteiger partial charge on any atom is -0.161 e. The van der Waals surface area contributed by atoms with Gasteiger partial charge < -0.3 is 0 Å². The van der Waals surface area contributed by atoms with Crippen molar-refractivity contribution in [2.75, 3.05) is 0 Å². The highest BCUT2D eigenvalue weighted by atomic mass is 35.6. The van der Waals surface area contributed by atoms with Gasteiger partial charge in [0.25, 0.3) is 0 Å². The fraction of sp³-hybridized carbons (Fsp3) is 0.455. The molecule has 0 bridgehead atoms. The van der Waals surface area contributed by atoms with Crippen molar-refractivity contribution in [2.45, 2.75) is 26.4 Å².